The monoisotopic (exact) mass is 498 g/mol. The lowest BCUT2D eigenvalue weighted by atomic mass is 9.53. The van der Waals surface area contributed by atoms with Crippen LogP contribution >= 0.6 is 0 Å². The van der Waals surface area contributed by atoms with Crippen molar-refractivity contribution in [2.24, 2.45) is 11.8 Å². The van der Waals surface area contributed by atoms with Crippen LogP contribution in [0.3, 0.4) is 0 Å². The van der Waals surface area contributed by atoms with Crippen molar-refractivity contribution in [1.82, 2.24) is 0 Å². The molecule has 15 heteroatoms. The highest BCUT2D eigenvalue weighted by molar-refractivity contribution is 5.32. The van der Waals surface area contributed by atoms with Gasteiger partial charge in [0.2, 0.25) is 0 Å². The Hall–Kier alpha value is -1.83. The molecule has 2 aliphatic rings. The second-order valence-electron chi connectivity index (χ2n) is 7.65. The topological polar surface area (TPSA) is 0 Å². The van der Waals surface area contributed by atoms with Crippen LogP contribution in [0.4, 0.5) is 65.9 Å². The molecule has 3 atom stereocenters. The summed E-state index contributed by atoms with van der Waals surface area (Å²) in [4.78, 5) is 0. The Labute approximate surface area is 168 Å². The van der Waals surface area contributed by atoms with Crippen LogP contribution in [-0.4, -0.2) is 47.1 Å². The summed E-state index contributed by atoms with van der Waals surface area (Å²) in [6.45, 7) is 0. The molecule has 0 aliphatic heterocycles. The smallest absolute Gasteiger partial charge is 0.236 e. The van der Waals surface area contributed by atoms with Crippen molar-refractivity contribution < 1.29 is 65.9 Å². The van der Waals surface area contributed by atoms with Crippen LogP contribution in [0.1, 0.15) is 5.56 Å². The van der Waals surface area contributed by atoms with Crippen molar-refractivity contribution in [1.29, 1.82) is 0 Å². The van der Waals surface area contributed by atoms with Gasteiger partial charge < -0.3 is 0 Å². The second-order valence-corrected chi connectivity index (χ2v) is 7.65. The zero-order valence-electron chi connectivity index (χ0n) is 14.9. The Morgan fingerprint density at radius 3 is 1.22 bits per heavy atom. The van der Waals surface area contributed by atoms with Gasteiger partial charge in [-0.05, 0) is 5.56 Å². The number of fused-ring (bicyclic) bond motifs is 1. The van der Waals surface area contributed by atoms with Crippen molar-refractivity contribution in [3.05, 3.63) is 35.9 Å². The number of benzene rings is 1. The lowest BCUT2D eigenvalue weighted by molar-refractivity contribution is -0.500. The molecule has 1 aromatic rings. The third kappa shape index (κ3) is 2.40. The van der Waals surface area contributed by atoms with E-state index >= 15 is 4.39 Å². The highest BCUT2D eigenvalue weighted by Gasteiger charge is 3.01. The SMILES string of the molecule is FC1(F)C2C(C(F)(F)C(F)(F)C1(F)F)C(F)(Cc1ccccc1)C(F)(F)C(F)(F)C2(F)F. The van der Waals surface area contributed by atoms with E-state index in [0.717, 1.165) is 18.2 Å². The van der Waals surface area contributed by atoms with Crippen LogP contribution < -0.4 is 0 Å². The van der Waals surface area contributed by atoms with Gasteiger partial charge in [0.25, 0.3) is 0 Å². The van der Waals surface area contributed by atoms with E-state index in [1.807, 2.05) is 0 Å². The molecule has 1 aromatic carbocycles. The fraction of sp³-hybridized carbons (Fsp3) is 0.647. The lowest BCUT2D eigenvalue weighted by Crippen LogP contribution is -2.86. The van der Waals surface area contributed by atoms with E-state index in [1.165, 1.54) is 0 Å². The Morgan fingerprint density at radius 2 is 0.812 bits per heavy atom. The zero-order valence-corrected chi connectivity index (χ0v) is 14.9. The minimum absolute atomic E-state index is 0.586. The maximum atomic E-state index is 15.5. The maximum Gasteiger partial charge on any atom is 0.378 e. The number of halogens is 15. The first-order valence-electron chi connectivity index (χ1n) is 8.44. The van der Waals surface area contributed by atoms with Gasteiger partial charge in [-0.25, -0.2) is 4.39 Å². The first-order chi connectivity index (χ1) is 14.1. The van der Waals surface area contributed by atoms with Gasteiger partial charge in [-0.3, -0.25) is 0 Å². The molecule has 0 spiro atoms. The van der Waals surface area contributed by atoms with Crippen LogP contribution in [0.5, 0.6) is 0 Å². The van der Waals surface area contributed by atoms with E-state index in [-0.39, 0.29) is 0 Å². The molecule has 0 nitrogen and oxygen atoms in total. The Bertz CT molecular complexity index is 882. The highest BCUT2D eigenvalue weighted by atomic mass is 19.4. The molecular weight excluding hydrogens is 489 g/mol. The van der Waals surface area contributed by atoms with Crippen LogP contribution in [0.25, 0.3) is 0 Å². The fourth-order valence-electron chi connectivity index (χ4n) is 4.19. The third-order valence-electron chi connectivity index (χ3n) is 5.87. The van der Waals surface area contributed by atoms with Crippen LogP contribution in [0.15, 0.2) is 30.3 Å². The molecule has 3 unspecified atom stereocenters. The number of hydrogen-bond donors (Lipinski definition) is 0. The van der Waals surface area contributed by atoms with E-state index in [4.69, 9.17) is 0 Å². The Kier molecular flexibility index (Phi) is 4.80. The summed E-state index contributed by atoms with van der Waals surface area (Å²) in [6, 6.07) is 4.02. The first kappa shape index (κ1) is 24.8. The van der Waals surface area contributed by atoms with Crippen molar-refractivity contribution in [3.63, 3.8) is 0 Å². The molecule has 182 valence electrons. The average molecular weight is 498 g/mol. The van der Waals surface area contributed by atoms with E-state index < -0.39 is 70.9 Å². The van der Waals surface area contributed by atoms with Gasteiger partial charge in [0, 0.05) is 6.42 Å². The molecule has 0 aromatic heterocycles. The largest absolute Gasteiger partial charge is 0.378 e. The number of rotatable bonds is 2. The van der Waals surface area contributed by atoms with Gasteiger partial charge >= 0.3 is 41.5 Å². The van der Waals surface area contributed by atoms with Crippen molar-refractivity contribution in [2.45, 2.75) is 53.5 Å². The van der Waals surface area contributed by atoms with Crippen molar-refractivity contribution >= 4 is 0 Å². The predicted octanol–water partition coefficient (Wildman–Crippen LogP) is 6.64. The lowest BCUT2D eigenvalue weighted by Gasteiger charge is -2.60. The van der Waals surface area contributed by atoms with E-state index in [0.29, 0.717) is 12.1 Å². The summed E-state index contributed by atoms with van der Waals surface area (Å²) in [5.41, 5.74) is -6.88. The van der Waals surface area contributed by atoms with Gasteiger partial charge in [0.15, 0.2) is 5.67 Å². The minimum Gasteiger partial charge on any atom is -0.236 e. The molecule has 0 radical (unpaired) electrons. The van der Waals surface area contributed by atoms with Crippen LogP contribution in [0.2, 0.25) is 0 Å². The standard InChI is InChI=1S/C17H9F15/c18-10(6-7-4-2-1-3-5-7)8-9(12(21,22)15(27,28)14(10,25)26)13(23,24)17(31,32)16(29,30)11(8,19)20/h1-5,8-9H,6H2. The Morgan fingerprint density at radius 1 is 0.469 bits per heavy atom. The third-order valence-corrected chi connectivity index (χ3v) is 5.87. The van der Waals surface area contributed by atoms with Crippen molar-refractivity contribution in [3.8, 4) is 0 Å². The van der Waals surface area contributed by atoms with Crippen molar-refractivity contribution in [2.75, 3.05) is 0 Å². The molecular formula is C17H9F15. The van der Waals surface area contributed by atoms with Gasteiger partial charge in [0.05, 0.1) is 5.92 Å². The first-order valence-corrected chi connectivity index (χ1v) is 8.44. The van der Waals surface area contributed by atoms with Crippen LogP contribution in [0, 0.1) is 11.8 Å². The van der Waals surface area contributed by atoms with Gasteiger partial charge in [-0.1, -0.05) is 30.3 Å². The average Bonchev–Trinajstić information content (AvgIpc) is 2.63. The van der Waals surface area contributed by atoms with Gasteiger partial charge in [0.1, 0.15) is 5.92 Å². The summed E-state index contributed by atoms with van der Waals surface area (Å²) in [7, 11) is 0. The summed E-state index contributed by atoms with van der Waals surface area (Å²) >= 11 is 0. The normalized spacial score (nSPS) is 37.3. The van der Waals surface area contributed by atoms with Gasteiger partial charge in [-0.15, -0.1) is 0 Å². The zero-order chi connectivity index (χ0) is 25.0. The summed E-state index contributed by atoms with van der Waals surface area (Å²) in [6.07, 6.45) is -2.47. The molecule has 32 heavy (non-hydrogen) atoms. The fourth-order valence-corrected chi connectivity index (χ4v) is 4.19. The number of hydrogen-bond acceptors (Lipinski definition) is 0. The second kappa shape index (κ2) is 6.19. The molecule has 0 saturated heterocycles. The quantitative estimate of drug-likeness (QED) is 0.401. The van der Waals surface area contributed by atoms with Crippen LogP contribution in [-0.2, 0) is 6.42 Å². The van der Waals surface area contributed by atoms with E-state index in [2.05, 4.69) is 0 Å². The number of alkyl halides is 15. The predicted molar refractivity (Wildman–Crippen MR) is 75.6 cm³/mol. The van der Waals surface area contributed by atoms with E-state index in [1.54, 1.807) is 0 Å². The maximum absolute atomic E-state index is 15.5. The molecule has 3 rings (SSSR count). The summed E-state index contributed by atoms with van der Waals surface area (Å²) in [5, 5.41) is 0. The molecule has 0 N–H and O–H groups in total. The molecule has 0 amide bonds. The van der Waals surface area contributed by atoms with Gasteiger partial charge in [-0.2, -0.15) is 61.5 Å². The molecule has 2 saturated carbocycles. The summed E-state index contributed by atoms with van der Waals surface area (Å²) < 4.78 is 212. The highest BCUT2D eigenvalue weighted by Crippen LogP contribution is 2.76. The Balaban J connectivity index is 2.43. The van der Waals surface area contributed by atoms with E-state index in [9.17, 15) is 61.5 Å². The molecule has 2 fully saturated rings. The molecule has 0 bridgehead atoms. The molecule has 0 heterocycles. The molecule has 2 aliphatic carbocycles. The summed E-state index contributed by atoms with van der Waals surface area (Å²) in [5.74, 6) is -61.3. The minimum atomic E-state index is -7.43.